The summed E-state index contributed by atoms with van der Waals surface area (Å²) in [5, 5.41) is 0.615. The minimum absolute atomic E-state index is 0.0357. The Morgan fingerprint density at radius 1 is 0.854 bits per heavy atom. The highest BCUT2D eigenvalue weighted by atomic mass is 35.5. The summed E-state index contributed by atoms with van der Waals surface area (Å²) in [7, 11) is 0. The molecule has 3 saturated heterocycles. The lowest BCUT2D eigenvalue weighted by Gasteiger charge is -2.40. The predicted molar refractivity (Wildman–Crippen MR) is 158 cm³/mol. The van der Waals surface area contributed by atoms with Crippen LogP contribution in [0.4, 0.5) is 8.78 Å². The maximum Gasteiger partial charge on any atom is 0.232 e. The second-order valence-corrected chi connectivity index (χ2v) is 14.0. The first-order valence-electron chi connectivity index (χ1n) is 14.9. The van der Waals surface area contributed by atoms with Gasteiger partial charge in [-0.25, -0.2) is 8.78 Å². The Kier molecular flexibility index (Phi) is 8.25. The van der Waals surface area contributed by atoms with Gasteiger partial charge in [-0.15, -0.1) is 0 Å². The summed E-state index contributed by atoms with van der Waals surface area (Å²) >= 11 is 6.43. The molecule has 41 heavy (non-hydrogen) atoms. The Bertz CT molecular complexity index is 1310. The number of piperidine rings is 1. The van der Waals surface area contributed by atoms with E-state index in [-0.39, 0.29) is 29.2 Å². The van der Waals surface area contributed by atoms with Crippen molar-refractivity contribution in [1.82, 2.24) is 14.7 Å². The molecular weight excluding hydrogens is 544 g/mol. The molecule has 0 aromatic heterocycles. The molecule has 2 amide bonds. The van der Waals surface area contributed by atoms with Gasteiger partial charge in [-0.3, -0.25) is 14.5 Å². The molecule has 3 aliphatic heterocycles. The fourth-order valence-corrected chi connectivity index (χ4v) is 6.99. The van der Waals surface area contributed by atoms with Crippen LogP contribution in [0.3, 0.4) is 0 Å². The molecule has 0 bridgehead atoms. The smallest absolute Gasteiger partial charge is 0.232 e. The van der Waals surface area contributed by atoms with Gasteiger partial charge in [-0.1, -0.05) is 23.7 Å². The number of carbonyl (C=O) groups excluding carboxylic acids is 2. The van der Waals surface area contributed by atoms with Crippen molar-refractivity contribution in [1.29, 1.82) is 0 Å². The molecule has 0 radical (unpaired) electrons. The maximum absolute atomic E-state index is 14.9. The van der Waals surface area contributed by atoms with Gasteiger partial charge in [0.2, 0.25) is 11.8 Å². The summed E-state index contributed by atoms with van der Waals surface area (Å²) in [4.78, 5) is 33.4. The third kappa shape index (κ3) is 5.90. The number of carbonyl (C=O) groups is 2. The lowest BCUT2D eigenvalue weighted by molar-refractivity contribution is -0.139. The van der Waals surface area contributed by atoms with Crippen molar-refractivity contribution < 1.29 is 18.4 Å². The molecule has 0 spiro atoms. The molecule has 3 fully saturated rings. The fourth-order valence-electron chi connectivity index (χ4n) is 6.82. The van der Waals surface area contributed by atoms with Gasteiger partial charge in [0.1, 0.15) is 11.6 Å². The summed E-state index contributed by atoms with van der Waals surface area (Å²) in [5.41, 5.74) is 1.63. The number of likely N-dealkylation sites (tertiary alicyclic amines) is 3. The van der Waals surface area contributed by atoms with E-state index in [0.717, 1.165) is 49.5 Å². The topological polar surface area (TPSA) is 43.9 Å². The third-order valence-electron chi connectivity index (χ3n) is 9.56. The molecule has 0 aliphatic carbocycles. The second kappa shape index (κ2) is 11.3. The lowest BCUT2D eigenvalue weighted by atomic mass is 9.75. The maximum atomic E-state index is 14.9. The van der Waals surface area contributed by atoms with Gasteiger partial charge in [0.15, 0.2) is 0 Å². The van der Waals surface area contributed by atoms with Crippen LogP contribution in [-0.4, -0.2) is 71.3 Å². The van der Waals surface area contributed by atoms with E-state index in [1.807, 2.05) is 35.8 Å². The number of hydrogen-bond donors (Lipinski definition) is 0. The number of nitrogens with zero attached hydrogens (tertiary/aromatic N) is 3. The van der Waals surface area contributed by atoms with Crippen LogP contribution < -0.4 is 0 Å². The average Bonchev–Trinajstić information content (AvgIpc) is 3.33. The van der Waals surface area contributed by atoms with Crippen molar-refractivity contribution in [2.24, 2.45) is 5.92 Å². The van der Waals surface area contributed by atoms with Gasteiger partial charge in [0, 0.05) is 61.8 Å². The Labute approximate surface area is 247 Å². The van der Waals surface area contributed by atoms with E-state index in [1.54, 1.807) is 0 Å². The molecule has 2 atom stereocenters. The normalized spacial score (nSPS) is 22.6. The first-order valence-corrected chi connectivity index (χ1v) is 15.2. The molecule has 2 aromatic carbocycles. The minimum Gasteiger partial charge on any atom is -0.342 e. The van der Waals surface area contributed by atoms with Gasteiger partial charge in [0.05, 0.1) is 11.3 Å². The van der Waals surface area contributed by atoms with Gasteiger partial charge in [-0.05, 0) is 94.7 Å². The van der Waals surface area contributed by atoms with E-state index >= 15 is 0 Å². The molecule has 1 unspecified atom stereocenters. The van der Waals surface area contributed by atoms with Crippen molar-refractivity contribution in [3.8, 4) is 0 Å². The van der Waals surface area contributed by atoms with Gasteiger partial charge < -0.3 is 9.80 Å². The highest BCUT2D eigenvalue weighted by Gasteiger charge is 2.45. The number of halogens is 3. The Balaban J connectivity index is 1.34. The van der Waals surface area contributed by atoms with Crippen LogP contribution in [0.25, 0.3) is 0 Å². The van der Waals surface area contributed by atoms with E-state index in [9.17, 15) is 18.4 Å². The van der Waals surface area contributed by atoms with Crippen LogP contribution in [0.1, 0.15) is 82.4 Å². The summed E-state index contributed by atoms with van der Waals surface area (Å²) in [6.07, 6.45) is 2.60. The second-order valence-electron chi connectivity index (χ2n) is 13.6. The van der Waals surface area contributed by atoms with Crippen molar-refractivity contribution in [3.63, 3.8) is 0 Å². The molecule has 0 N–H and O–H groups in total. The molecule has 5 rings (SSSR count). The Morgan fingerprint density at radius 3 is 2.10 bits per heavy atom. The predicted octanol–water partition coefficient (Wildman–Crippen LogP) is 6.35. The van der Waals surface area contributed by atoms with E-state index in [2.05, 4.69) is 31.7 Å². The quantitative estimate of drug-likeness (QED) is 0.411. The number of hydrogen-bond acceptors (Lipinski definition) is 3. The van der Waals surface area contributed by atoms with Gasteiger partial charge >= 0.3 is 0 Å². The average molecular weight is 586 g/mol. The summed E-state index contributed by atoms with van der Waals surface area (Å²) in [5.74, 6) is -1.57. The molecule has 222 valence electrons. The van der Waals surface area contributed by atoms with Gasteiger partial charge in [0.25, 0.3) is 0 Å². The fraction of sp³-hybridized carbons (Fsp3) is 0.576. The van der Waals surface area contributed by atoms with E-state index in [0.29, 0.717) is 36.8 Å². The van der Waals surface area contributed by atoms with Crippen LogP contribution in [-0.2, 0) is 15.0 Å². The molecule has 5 nitrogen and oxygen atoms in total. The molecule has 8 heteroatoms. The zero-order chi connectivity index (χ0) is 29.7. The molecule has 0 saturated carbocycles. The number of benzene rings is 2. The number of rotatable bonds is 5. The van der Waals surface area contributed by atoms with E-state index in [4.69, 9.17) is 11.6 Å². The number of amides is 2. The van der Waals surface area contributed by atoms with Crippen molar-refractivity contribution >= 4 is 23.4 Å². The lowest BCUT2D eigenvalue weighted by Crippen LogP contribution is -2.50. The largest absolute Gasteiger partial charge is 0.342 e. The van der Waals surface area contributed by atoms with Crippen LogP contribution in [0.2, 0.25) is 5.02 Å². The highest BCUT2D eigenvalue weighted by Crippen LogP contribution is 2.42. The van der Waals surface area contributed by atoms with Gasteiger partial charge in [-0.2, -0.15) is 0 Å². The molecule has 2 aromatic rings. The zero-order valence-corrected chi connectivity index (χ0v) is 25.6. The SMILES string of the molecule is CC(C)(C(=O)N1CCC1)c1cc(Cl)ccc1C1CCN(C(=O)C2CN(C(C)(C)C)C[C@H]2c2ccc(F)cc2F)CC1. The molecule has 3 aliphatic rings. The van der Waals surface area contributed by atoms with E-state index in [1.165, 1.54) is 12.1 Å². The first kappa shape index (κ1) is 30.0. The van der Waals surface area contributed by atoms with Crippen molar-refractivity contribution in [2.45, 2.75) is 76.7 Å². The highest BCUT2D eigenvalue weighted by molar-refractivity contribution is 6.30. The molecular formula is C33H42ClF2N3O2. The first-order chi connectivity index (χ1) is 19.3. The van der Waals surface area contributed by atoms with Crippen LogP contribution in [0.15, 0.2) is 36.4 Å². The van der Waals surface area contributed by atoms with Crippen molar-refractivity contribution in [2.75, 3.05) is 39.3 Å². The monoisotopic (exact) mass is 585 g/mol. The van der Waals surface area contributed by atoms with Crippen LogP contribution in [0.5, 0.6) is 0 Å². The van der Waals surface area contributed by atoms with Crippen LogP contribution in [0, 0.1) is 17.6 Å². The zero-order valence-electron chi connectivity index (χ0n) is 24.9. The minimum atomic E-state index is -0.694. The summed E-state index contributed by atoms with van der Waals surface area (Å²) < 4.78 is 28.6. The summed E-state index contributed by atoms with van der Waals surface area (Å²) in [6, 6.07) is 9.58. The van der Waals surface area contributed by atoms with E-state index < -0.39 is 23.0 Å². The third-order valence-corrected chi connectivity index (χ3v) is 9.80. The standard InChI is InChI=1S/C33H42ClF2N3O2/c1-32(2,3)39-19-26(25-10-8-23(35)18-29(25)36)27(20-39)30(40)37-15-11-21(12-16-37)24-9-7-22(34)17-28(24)33(4,5)31(41)38-13-6-14-38/h7-10,17-18,21,26-27H,6,11-16,19-20H2,1-5H3/t26-,27?/m0/s1. The summed E-state index contributed by atoms with van der Waals surface area (Å²) in [6.45, 7) is 14.1. The Hall–Kier alpha value is -2.51. The van der Waals surface area contributed by atoms with Crippen molar-refractivity contribution in [3.05, 3.63) is 69.7 Å². The Morgan fingerprint density at radius 2 is 1.51 bits per heavy atom. The van der Waals surface area contributed by atoms with Crippen LogP contribution >= 0.6 is 11.6 Å². The molecule has 3 heterocycles.